The zero-order chi connectivity index (χ0) is 12.8. The van der Waals surface area contributed by atoms with Crippen LogP contribution in [-0.4, -0.2) is 51.4 Å². The van der Waals surface area contributed by atoms with Crippen molar-refractivity contribution < 1.29 is 27.4 Å². The van der Waals surface area contributed by atoms with Crippen LogP contribution in [0.25, 0.3) is 0 Å². The van der Waals surface area contributed by atoms with E-state index in [0.717, 1.165) is 12.8 Å². The summed E-state index contributed by atoms with van der Waals surface area (Å²) in [4.78, 5) is 0. The monoisotopic (exact) mass is 257 g/mol. The topological polar surface area (TPSA) is 53.7 Å². The van der Waals surface area contributed by atoms with E-state index in [1.807, 2.05) is 0 Å². The van der Waals surface area contributed by atoms with Crippen molar-refractivity contribution in [2.75, 3.05) is 39.6 Å². The first-order valence-corrected chi connectivity index (χ1v) is 5.54. The molecular weight excluding hydrogens is 239 g/mol. The summed E-state index contributed by atoms with van der Waals surface area (Å²) >= 11 is 0. The average molecular weight is 257 g/mol. The van der Waals surface area contributed by atoms with Crippen molar-refractivity contribution in [1.82, 2.24) is 0 Å². The maximum absolute atomic E-state index is 11.8. The van der Waals surface area contributed by atoms with Crippen LogP contribution in [0, 0.1) is 0 Å². The second-order valence-electron chi connectivity index (χ2n) is 4.06. The van der Waals surface area contributed by atoms with Gasteiger partial charge in [-0.15, -0.1) is 0 Å². The molecule has 102 valence electrons. The van der Waals surface area contributed by atoms with Crippen LogP contribution in [0.1, 0.15) is 12.8 Å². The maximum atomic E-state index is 11.8. The fraction of sp³-hybridized carbons (Fsp3) is 1.00. The molecule has 1 fully saturated rings. The smallest absolute Gasteiger partial charge is 0.378 e. The molecule has 0 aromatic heterocycles. The lowest BCUT2D eigenvalue weighted by atomic mass is 9.97. The molecule has 0 saturated carbocycles. The Kier molecular flexibility index (Phi) is 5.64. The Labute approximate surface area is 98.2 Å². The Morgan fingerprint density at radius 1 is 1.29 bits per heavy atom. The molecule has 0 amide bonds. The van der Waals surface area contributed by atoms with Crippen LogP contribution in [0.3, 0.4) is 0 Å². The summed E-state index contributed by atoms with van der Waals surface area (Å²) in [7, 11) is 0. The van der Waals surface area contributed by atoms with Crippen LogP contribution in [0.4, 0.5) is 13.2 Å². The van der Waals surface area contributed by atoms with Gasteiger partial charge >= 0.3 is 6.18 Å². The lowest BCUT2D eigenvalue weighted by molar-refractivity contribution is -0.184. The van der Waals surface area contributed by atoms with Crippen molar-refractivity contribution in [3.63, 3.8) is 0 Å². The van der Waals surface area contributed by atoms with Crippen LogP contribution in [-0.2, 0) is 14.2 Å². The first kappa shape index (κ1) is 14.7. The van der Waals surface area contributed by atoms with E-state index in [4.69, 9.17) is 15.2 Å². The van der Waals surface area contributed by atoms with Crippen LogP contribution < -0.4 is 5.73 Å². The van der Waals surface area contributed by atoms with Crippen molar-refractivity contribution in [2.45, 2.75) is 24.6 Å². The Morgan fingerprint density at radius 2 is 2.06 bits per heavy atom. The molecule has 4 nitrogen and oxygen atoms in total. The van der Waals surface area contributed by atoms with E-state index in [9.17, 15) is 13.2 Å². The van der Waals surface area contributed by atoms with Crippen molar-refractivity contribution in [2.24, 2.45) is 5.73 Å². The summed E-state index contributed by atoms with van der Waals surface area (Å²) in [5, 5.41) is 0. The summed E-state index contributed by atoms with van der Waals surface area (Å²) in [6.07, 6.45) is -2.68. The highest BCUT2D eigenvalue weighted by Crippen LogP contribution is 2.22. The quantitative estimate of drug-likeness (QED) is 0.724. The second kappa shape index (κ2) is 6.53. The first-order valence-electron chi connectivity index (χ1n) is 5.54. The predicted molar refractivity (Wildman–Crippen MR) is 54.7 cm³/mol. The average Bonchev–Trinajstić information content (AvgIpc) is 2.28. The number of ether oxygens (including phenoxy) is 3. The Hall–Kier alpha value is -0.370. The number of rotatable bonds is 6. The van der Waals surface area contributed by atoms with Gasteiger partial charge in [-0.05, 0) is 12.8 Å². The van der Waals surface area contributed by atoms with E-state index >= 15 is 0 Å². The summed E-state index contributed by atoms with van der Waals surface area (Å²) in [5.74, 6) is 0. The number of halogens is 3. The van der Waals surface area contributed by atoms with Crippen molar-refractivity contribution in [3.05, 3.63) is 0 Å². The molecule has 0 aromatic rings. The van der Waals surface area contributed by atoms with Crippen LogP contribution in [0.5, 0.6) is 0 Å². The molecule has 1 heterocycles. The molecule has 1 unspecified atom stereocenters. The van der Waals surface area contributed by atoms with E-state index in [0.29, 0.717) is 19.8 Å². The molecule has 0 spiro atoms. The van der Waals surface area contributed by atoms with E-state index in [2.05, 4.69) is 4.74 Å². The molecule has 1 atom stereocenters. The maximum Gasteiger partial charge on any atom is 0.411 e. The van der Waals surface area contributed by atoms with Crippen molar-refractivity contribution >= 4 is 0 Å². The van der Waals surface area contributed by atoms with Gasteiger partial charge in [0.05, 0.1) is 19.8 Å². The Bertz CT molecular complexity index is 217. The molecule has 1 aliphatic heterocycles. The molecule has 2 N–H and O–H groups in total. The number of alkyl halides is 3. The Morgan fingerprint density at radius 3 is 2.59 bits per heavy atom. The van der Waals surface area contributed by atoms with Gasteiger partial charge in [-0.2, -0.15) is 13.2 Å². The van der Waals surface area contributed by atoms with Gasteiger partial charge in [0.15, 0.2) is 0 Å². The fourth-order valence-corrected chi connectivity index (χ4v) is 1.67. The van der Waals surface area contributed by atoms with Crippen molar-refractivity contribution in [3.8, 4) is 0 Å². The molecule has 17 heavy (non-hydrogen) atoms. The highest BCUT2D eigenvalue weighted by molar-refractivity contribution is 4.84. The van der Waals surface area contributed by atoms with E-state index < -0.39 is 18.4 Å². The minimum Gasteiger partial charge on any atom is -0.378 e. The molecule has 0 aromatic carbocycles. The summed E-state index contributed by atoms with van der Waals surface area (Å²) in [6.45, 7) is 0.116. The van der Waals surface area contributed by atoms with Gasteiger partial charge < -0.3 is 19.9 Å². The van der Waals surface area contributed by atoms with E-state index in [1.165, 1.54) is 0 Å². The highest BCUT2D eigenvalue weighted by Gasteiger charge is 2.32. The van der Waals surface area contributed by atoms with Gasteiger partial charge in [0, 0.05) is 13.2 Å². The summed E-state index contributed by atoms with van der Waals surface area (Å²) < 4.78 is 50.5. The SMILES string of the molecule is NCC1(OCCOCC(F)(F)F)CCCOC1. The number of hydrogen-bond acceptors (Lipinski definition) is 4. The van der Waals surface area contributed by atoms with Gasteiger partial charge in [-0.3, -0.25) is 0 Å². The van der Waals surface area contributed by atoms with Gasteiger partial charge in [0.2, 0.25) is 0 Å². The molecule has 0 radical (unpaired) electrons. The van der Waals surface area contributed by atoms with Gasteiger partial charge in [-0.1, -0.05) is 0 Å². The second-order valence-corrected chi connectivity index (χ2v) is 4.06. The van der Waals surface area contributed by atoms with E-state index in [-0.39, 0.29) is 13.2 Å². The minimum atomic E-state index is -4.29. The van der Waals surface area contributed by atoms with E-state index in [1.54, 1.807) is 0 Å². The normalized spacial score (nSPS) is 26.1. The molecule has 7 heteroatoms. The van der Waals surface area contributed by atoms with Gasteiger partial charge in [0.1, 0.15) is 12.2 Å². The third kappa shape index (κ3) is 5.67. The van der Waals surface area contributed by atoms with Gasteiger partial charge in [0.25, 0.3) is 0 Å². The largest absolute Gasteiger partial charge is 0.411 e. The third-order valence-corrected chi connectivity index (χ3v) is 2.56. The molecule has 0 bridgehead atoms. The third-order valence-electron chi connectivity index (χ3n) is 2.56. The molecular formula is C10H18F3NO3. The molecule has 1 rings (SSSR count). The van der Waals surface area contributed by atoms with Gasteiger partial charge in [-0.25, -0.2) is 0 Å². The lowest BCUT2D eigenvalue weighted by Crippen LogP contribution is -2.48. The van der Waals surface area contributed by atoms with Crippen molar-refractivity contribution in [1.29, 1.82) is 0 Å². The number of nitrogens with two attached hydrogens (primary N) is 1. The lowest BCUT2D eigenvalue weighted by Gasteiger charge is -2.35. The molecule has 1 aliphatic rings. The zero-order valence-corrected chi connectivity index (χ0v) is 9.59. The fourth-order valence-electron chi connectivity index (χ4n) is 1.67. The first-order chi connectivity index (χ1) is 7.97. The van der Waals surface area contributed by atoms with Crippen LogP contribution in [0.15, 0.2) is 0 Å². The number of hydrogen-bond donors (Lipinski definition) is 1. The zero-order valence-electron chi connectivity index (χ0n) is 9.59. The van der Waals surface area contributed by atoms with Crippen LogP contribution in [0.2, 0.25) is 0 Å². The van der Waals surface area contributed by atoms with Crippen LogP contribution >= 0.6 is 0 Å². The molecule has 0 aliphatic carbocycles. The minimum absolute atomic E-state index is 0.0939. The summed E-state index contributed by atoms with van der Waals surface area (Å²) in [5.41, 5.74) is 5.04. The highest BCUT2D eigenvalue weighted by atomic mass is 19.4. The summed E-state index contributed by atoms with van der Waals surface area (Å²) in [6, 6.07) is 0. The predicted octanol–water partition coefficient (Wildman–Crippen LogP) is 1.09. The Balaban J connectivity index is 2.15. The molecule has 1 saturated heterocycles. The standard InChI is InChI=1S/C10H18F3NO3/c11-10(12,13)8-16-4-5-17-9(6-14)2-1-3-15-7-9/h1-8,14H2.